The number of carbonyl (C=O) groups excluding carboxylic acids is 1. The van der Waals surface area contributed by atoms with Crippen molar-refractivity contribution in [3.63, 3.8) is 0 Å². The van der Waals surface area contributed by atoms with Gasteiger partial charge in [-0.05, 0) is 43.2 Å². The zero-order valence-electron chi connectivity index (χ0n) is 15.1. The zero-order valence-corrected chi connectivity index (χ0v) is 15.1. The molecule has 5 heteroatoms. The highest BCUT2D eigenvalue weighted by Gasteiger charge is 2.08. The highest BCUT2D eigenvalue weighted by Crippen LogP contribution is 2.22. The number of aromatic nitrogens is 3. The average molecular weight is 356 g/mol. The van der Waals surface area contributed by atoms with Gasteiger partial charge in [-0.15, -0.1) is 0 Å². The molecule has 0 aliphatic heterocycles. The number of carbonyl (C=O) groups is 1. The SMILES string of the molecule is Cc1nccc(-c2cccc(NC(=O)CCc3c[nH]c4ccccc34)c2)n1. The van der Waals surface area contributed by atoms with Crippen molar-refractivity contribution in [1.29, 1.82) is 0 Å². The van der Waals surface area contributed by atoms with Gasteiger partial charge in [0.15, 0.2) is 0 Å². The summed E-state index contributed by atoms with van der Waals surface area (Å²) in [5.74, 6) is 0.719. The van der Waals surface area contributed by atoms with E-state index in [4.69, 9.17) is 0 Å². The van der Waals surface area contributed by atoms with Gasteiger partial charge in [-0.25, -0.2) is 9.97 Å². The minimum Gasteiger partial charge on any atom is -0.361 e. The van der Waals surface area contributed by atoms with E-state index in [2.05, 4.69) is 26.3 Å². The van der Waals surface area contributed by atoms with Gasteiger partial charge in [0, 0.05) is 41.0 Å². The van der Waals surface area contributed by atoms with Gasteiger partial charge in [-0.2, -0.15) is 0 Å². The summed E-state index contributed by atoms with van der Waals surface area (Å²) in [7, 11) is 0. The highest BCUT2D eigenvalue weighted by atomic mass is 16.1. The van der Waals surface area contributed by atoms with Crippen LogP contribution in [0, 0.1) is 6.92 Å². The first-order valence-electron chi connectivity index (χ1n) is 8.94. The summed E-state index contributed by atoms with van der Waals surface area (Å²) in [4.78, 5) is 24.2. The van der Waals surface area contributed by atoms with Crippen LogP contribution in [-0.2, 0) is 11.2 Å². The lowest BCUT2D eigenvalue weighted by atomic mass is 10.1. The lowest BCUT2D eigenvalue weighted by molar-refractivity contribution is -0.116. The van der Waals surface area contributed by atoms with Gasteiger partial charge in [-0.3, -0.25) is 4.79 Å². The molecule has 0 atom stereocenters. The number of H-pyrrole nitrogens is 1. The first-order chi connectivity index (χ1) is 13.2. The molecule has 2 heterocycles. The summed E-state index contributed by atoms with van der Waals surface area (Å²) in [5, 5.41) is 4.16. The second-order valence-electron chi connectivity index (χ2n) is 6.48. The van der Waals surface area contributed by atoms with E-state index in [1.54, 1.807) is 6.20 Å². The molecule has 0 unspecified atom stereocenters. The predicted octanol–water partition coefficient (Wildman–Crippen LogP) is 4.50. The molecule has 0 aliphatic carbocycles. The summed E-state index contributed by atoms with van der Waals surface area (Å²) in [5.41, 5.74) is 4.83. The Balaban J connectivity index is 1.43. The molecule has 0 aliphatic rings. The van der Waals surface area contributed by atoms with Crippen LogP contribution in [0.5, 0.6) is 0 Å². The number of para-hydroxylation sites is 1. The van der Waals surface area contributed by atoms with Crippen molar-refractivity contribution in [2.75, 3.05) is 5.32 Å². The molecule has 5 nitrogen and oxygen atoms in total. The molecule has 27 heavy (non-hydrogen) atoms. The van der Waals surface area contributed by atoms with Crippen molar-refractivity contribution < 1.29 is 4.79 Å². The van der Waals surface area contributed by atoms with E-state index in [1.807, 2.05) is 61.7 Å². The van der Waals surface area contributed by atoms with Gasteiger partial charge >= 0.3 is 0 Å². The van der Waals surface area contributed by atoms with Crippen molar-refractivity contribution in [3.8, 4) is 11.3 Å². The summed E-state index contributed by atoms with van der Waals surface area (Å²) < 4.78 is 0. The van der Waals surface area contributed by atoms with Crippen molar-refractivity contribution in [2.24, 2.45) is 0 Å². The molecule has 0 radical (unpaired) electrons. The Bertz CT molecular complexity index is 1100. The third kappa shape index (κ3) is 3.87. The topological polar surface area (TPSA) is 70.7 Å². The molecular formula is C22H20N4O. The molecule has 2 aromatic carbocycles. The maximum absolute atomic E-state index is 12.4. The summed E-state index contributed by atoms with van der Waals surface area (Å²) in [6.07, 6.45) is 4.85. The minimum absolute atomic E-state index is 0.00343. The van der Waals surface area contributed by atoms with Gasteiger partial charge in [0.05, 0.1) is 5.69 Å². The van der Waals surface area contributed by atoms with Crippen LogP contribution in [0.15, 0.2) is 67.0 Å². The molecule has 134 valence electrons. The number of aromatic amines is 1. The molecule has 0 bridgehead atoms. The Hall–Kier alpha value is -3.47. The second-order valence-corrected chi connectivity index (χ2v) is 6.48. The van der Waals surface area contributed by atoms with Crippen molar-refractivity contribution in [3.05, 3.63) is 78.4 Å². The van der Waals surface area contributed by atoms with Crippen LogP contribution in [0.3, 0.4) is 0 Å². The van der Waals surface area contributed by atoms with Crippen LogP contribution >= 0.6 is 0 Å². The molecule has 0 saturated heterocycles. The first kappa shape index (κ1) is 17.0. The molecule has 2 N–H and O–H groups in total. The fraction of sp³-hybridized carbons (Fsp3) is 0.136. The molecule has 0 saturated carbocycles. The predicted molar refractivity (Wildman–Crippen MR) is 107 cm³/mol. The molecule has 4 aromatic rings. The van der Waals surface area contributed by atoms with Crippen LogP contribution in [0.2, 0.25) is 0 Å². The van der Waals surface area contributed by atoms with Gasteiger partial charge in [-0.1, -0.05) is 30.3 Å². The van der Waals surface area contributed by atoms with Crippen LogP contribution in [0.25, 0.3) is 22.2 Å². The number of hydrogen-bond donors (Lipinski definition) is 2. The maximum atomic E-state index is 12.4. The number of nitrogens with zero attached hydrogens (tertiary/aromatic N) is 2. The quantitative estimate of drug-likeness (QED) is 0.553. The van der Waals surface area contributed by atoms with E-state index in [0.29, 0.717) is 12.8 Å². The standard InChI is InChI=1S/C22H20N4O/c1-15-23-12-11-20(25-15)16-5-4-6-18(13-16)26-22(27)10-9-17-14-24-21-8-3-2-7-19(17)21/h2-8,11-14,24H,9-10H2,1H3,(H,26,27). The number of fused-ring (bicyclic) bond motifs is 1. The largest absolute Gasteiger partial charge is 0.361 e. The molecule has 2 aromatic heterocycles. The van der Waals surface area contributed by atoms with Crippen LogP contribution in [0.1, 0.15) is 17.8 Å². The number of hydrogen-bond acceptors (Lipinski definition) is 3. The summed E-state index contributed by atoms with van der Waals surface area (Å²) in [6.45, 7) is 1.86. The monoisotopic (exact) mass is 356 g/mol. The average Bonchev–Trinajstić information content (AvgIpc) is 3.10. The van der Waals surface area contributed by atoms with Crippen LogP contribution in [0.4, 0.5) is 5.69 Å². The third-order valence-electron chi connectivity index (χ3n) is 4.51. The molecule has 0 spiro atoms. The van der Waals surface area contributed by atoms with E-state index in [-0.39, 0.29) is 5.91 Å². The highest BCUT2D eigenvalue weighted by molar-refractivity contribution is 5.92. The third-order valence-corrected chi connectivity index (χ3v) is 4.51. The number of anilines is 1. The summed E-state index contributed by atoms with van der Waals surface area (Å²) >= 11 is 0. The second kappa shape index (κ2) is 7.41. The van der Waals surface area contributed by atoms with Crippen molar-refractivity contribution >= 4 is 22.5 Å². The maximum Gasteiger partial charge on any atom is 0.224 e. The van der Waals surface area contributed by atoms with Gasteiger partial charge in [0.1, 0.15) is 5.82 Å². The van der Waals surface area contributed by atoms with Crippen LogP contribution < -0.4 is 5.32 Å². The van der Waals surface area contributed by atoms with E-state index in [0.717, 1.165) is 33.8 Å². The van der Waals surface area contributed by atoms with Crippen molar-refractivity contribution in [1.82, 2.24) is 15.0 Å². The lowest BCUT2D eigenvalue weighted by Crippen LogP contribution is -2.12. The Morgan fingerprint density at radius 2 is 2.00 bits per heavy atom. The number of amides is 1. The molecule has 1 amide bonds. The van der Waals surface area contributed by atoms with Gasteiger partial charge < -0.3 is 10.3 Å². The number of aryl methyl sites for hydroxylation is 2. The molecule has 0 fully saturated rings. The number of benzene rings is 2. The van der Waals surface area contributed by atoms with E-state index < -0.39 is 0 Å². The Kier molecular flexibility index (Phi) is 4.66. The molecule has 4 rings (SSSR count). The first-order valence-corrected chi connectivity index (χ1v) is 8.94. The lowest BCUT2D eigenvalue weighted by Gasteiger charge is -2.08. The smallest absolute Gasteiger partial charge is 0.224 e. The summed E-state index contributed by atoms with van der Waals surface area (Å²) in [6, 6.07) is 17.7. The Labute approximate surface area is 157 Å². The van der Waals surface area contributed by atoms with Crippen molar-refractivity contribution in [2.45, 2.75) is 19.8 Å². The minimum atomic E-state index is -0.00343. The zero-order chi connectivity index (χ0) is 18.6. The fourth-order valence-electron chi connectivity index (χ4n) is 3.18. The van der Waals surface area contributed by atoms with Gasteiger partial charge in [0.2, 0.25) is 5.91 Å². The van der Waals surface area contributed by atoms with E-state index >= 15 is 0 Å². The Morgan fingerprint density at radius 3 is 2.89 bits per heavy atom. The molecular weight excluding hydrogens is 336 g/mol. The van der Waals surface area contributed by atoms with Crippen LogP contribution in [-0.4, -0.2) is 20.9 Å². The Morgan fingerprint density at radius 1 is 1.11 bits per heavy atom. The normalized spacial score (nSPS) is 10.9. The number of rotatable bonds is 5. The van der Waals surface area contributed by atoms with E-state index in [1.165, 1.54) is 5.39 Å². The number of nitrogens with one attached hydrogen (secondary N) is 2. The van der Waals surface area contributed by atoms with E-state index in [9.17, 15) is 4.79 Å². The van der Waals surface area contributed by atoms with Gasteiger partial charge in [0.25, 0.3) is 0 Å². The fourth-order valence-corrected chi connectivity index (χ4v) is 3.18.